The number of aromatic nitrogens is 1. The van der Waals surface area contributed by atoms with Gasteiger partial charge in [0, 0.05) is 25.0 Å². The molecule has 1 aromatic heterocycles. The van der Waals surface area contributed by atoms with Crippen molar-refractivity contribution >= 4 is 12.2 Å². The zero-order valence-electron chi connectivity index (χ0n) is 6.57. The lowest BCUT2D eigenvalue weighted by Crippen LogP contribution is -2.18. The number of hydrogen-bond acceptors (Lipinski definition) is 3. The number of pyridine rings is 1. The average Bonchev–Trinajstić information content (AvgIpc) is 2.17. The third-order valence-electron chi connectivity index (χ3n) is 1.38. The van der Waals surface area contributed by atoms with E-state index in [-0.39, 0.29) is 5.91 Å². The number of amides is 1. The molecule has 0 aliphatic carbocycles. The lowest BCUT2D eigenvalue weighted by Gasteiger charge is -1.97. The molecule has 1 heterocycles. The summed E-state index contributed by atoms with van der Waals surface area (Å²) in [4.78, 5) is 25.0. The van der Waals surface area contributed by atoms with Crippen molar-refractivity contribution in [1.29, 1.82) is 0 Å². The van der Waals surface area contributed by atoms with Crippen LogP contribution in [-0.4, -0.2) is 24.2 Å². The topological polar surface area (TPSA) is 59.1 Å². The van der Waals surface area contributed by atoms with Crippen LogP contribution in [0.15, 0.2) is 18.5 Å². The summed E-state index contributed by atoms with van der Waals surface area (Å²) < 4.78 is 0. The van der Waals surface area contributed by atoms with Crippen molar-refractivity contribution in [3.63, 3.8) is 0 Å². The maximum absolute atomic E-state index is 11.0. The van der Waals surface area contributed by atoms with Gasteiger partial charge in [-0.05, 0) is 6.07 Å². The standard InChI is InChI=1S/C8H8N2O2/c1-9-8(12)7-2-6(5-11)3-10-4-7/h2-5H,1H3,(H,9,12). The normalized spacial score (nSPS) is 9.08. The monoisotopic (exact) mass is 164 g/mol. The fourth-order valence-electron chi connectivity index (χ4n) is 0.791. The van der Waals surface area contributed by atoms with E-state index in [2.05, 4.69) is 10.3 Å². The minimum absolute atomic E-state index is 0.244. The molecule has 0 unspecified atom stereocenters. The molecule has 0 aromatic carbocycles. The van der Waals surface area contributed by atoms with Gasteiger partial charge in [-0.15, -0.1) is 0 Å². The summed E-state index contributed by atoms with van der Waals surface area (Å²) >= 11 is 0. The maximum Gasteiger partial charge on any atom is 0.252 e. The second kappa shape index (κ2) is 3.61. The van der Waals surface area contributed by atoms with Crippen LogP contribution in [0, 0.1) is 0 Å². The number of carbonyl (C=O) groups is 2. The molecule has 1 N–H and O–H groups in total. The lowest BCUT2D eigenvalue weighted by molar-refractivity contribution is 0.0962. The predicted molar refractivity (Wildman–Crippen MR) is 43.0 cm³/mol. The van der Waals surface area contributed by atoms with Crippen LogP contribution >= 0.6 is 0 Å². The molecule has 4 heteroatoms. The summed E-state index contributed by atoms with van der Waals surface area (Å²) in [6.07, 6.45) is 3.46. The highest BCUT2D eigenvalue weighted by atomic mass is 16.1. The van der Waals surface area contributed by atoms with E-state index in [0.717, 1.165) is 0 Å². The Morgan fingerprint density at radius 2 is 2.33 bits per heavy atom. The van der Waals surface area contributed by atoms with Gasteiger partial charge in [-0.3, -0.25) is 14.6 Å². The van der Waals surface area contributed by atoms with Gasteiger partial charge in [0.25, 0.3) is 5.91 Å². The van der Waals surface area contributed by atoms with Gasteiger partial charge >= 0.3 is 0 Å². The van der Waals surface area contributed by atoms with Crippen molar-refractivity contribution in [2.75, 3.05) is 7.05 Å². The van der Waals surface area contributed by atoms with Crippen LogP contribution in [0.2, 0.25) is 0 Å². The van der Waals surface area contributed by atoms with Crippen LogP contribution in [0.5, 0.6) is 0 Å². The summed E-state index contributed by atoms with van der Waals surface area (Å²) in [5, 5.41) is 2.44. The average molecular weight is 164 g/mol. The van der Waals surface area contributed by atoms with Crippen molar-refractivity contribution in [3.8, 4) is 0 Å². The first-order chi connectivity index (χ1) is 5.77. The molecule has 0 fully saturated rings. The first-order valence-corrected chi connectivity index (χ1v) is 3.40. The Balaban J connectivity index is 3.01. The van der Waals surface area contributed by atoms with E-state index in [9.17, 15) is 9.59 Å². The molecule has 0 saturated heterocycles. The van der Waals surface area contributed by atoms with Crippen molar-refractivity contribution in [2.24, 2.45) is 0 Å². The van der Waals surface area contributed by atoms with Crippen LogP contribution in [0.3, 0.4) is 0 Å². The molecule has 0 saturated carbocycles. The van der Waals surface area contributed by atoms with Gasteiger partial charge in [0.05, 0.1) is 5.56 Å². The lowest BCUT2D eigenvalue weighted by atomic mass is 10.2. The van der Waals surface area contributed by atoms with Crippen LogP contribution in [0.25, 0.3) is 0 Å². The van der Waals surface area contributed by atoms with Gasteiger partial charge in [-0.1, -0.05) is 0 Å². The van der Waals surface area contributed by atoms with Crippen LogP contribution in [-0.2, 0) is 0 Å². The van der Waals surface area contributed by atoms with E-state index >= 15 is 0 Å². The van der Waals surface area contributed by atoms with Gasteiger partial charge in [0.1, 0.15) is 0 Å². The van der Waals surface area contributed by atoms with Crippen molar-refractivity contribution < 1.29 is 9.59 Å². The molecule has 0 radical (unpaired) electrons. The Morgan fingerprint density at radius 3 is 2.92 bits per heavy atom. The highest BCUT2D eigenvalue weighted by molar-refractivity contribution is 5.95. The number of hydrogen-bond donors (Lipinski definition) is 1. The van der Waals surface area contributed by atoms with Gasteiger partial charge in [0.2, 0.25) is 0 Å². The Bertz CT molecular complexity index is 310. The second-order valence-electron chi connectivity index (χ2n) is 2.20. The van der Waals surface area contributed by atoms with E-state index in [1.807, 2.05) is 0 Å². The molecule has 0 spiro atoms. The molecule has 0 aliphatic rings. The summed E-state index contributed by atoms with van der Waals surface area (Å²) in [6, 6.07) is 1.48. The van der Waals surface area contributed by atoms with Gasteiger partial charge < -0.3 is 5.32 Å². The Labute approximate surface area is 69.6 Å². The zero-order chi connectivity index (χ0) is 8.97. The van der Waals surface area contributed by atoms with Crippen LogP contribution < -0.4 is 5.32 Å². The SMILES string of the molecule is CNC(=O)c1cncc(C=O)c1. The van der Waals surface area contributed by atoms with Crippen molar-refractivity contribution in [2.45, 2.75) is 0 Å². The quantitative estimate of drug-likeness (QED) is 0.637. The van der Waals surface area contributed by atoms with E-state index in [0.29, 0.717) is 17.4 Å². The minimum Gasteiger partial charge on any atom is -0.355 e. The van der Waals surface area contributed by atoms with E-state index < -0.39 is 0 Å². The molecule has 12 heavy (non-hydrogen) atoms. The van der Waals surface area contributed by atoms with E-state index in [1.54, 1.807) is 0 Å². The summed E-state index contributed by atoms with van der Waals surface area (Å²) in [7, 11) is 1.52. The zero-order valence-corrected chi connectivity index (χ0v) is 6.57. The highest BCUT2D eigenvalue weighted by Gasteiger charge is 2.02. The fraction of sp³-hybridized carbons (Fsp3) is 0.125. The van der Waals surface area contributed by atoms with Crippen molar-refractivity contribution in [3.05, 3.63) is 29.6 Å². The third kappa shape index (κ3) is 1.66. The summed E-state index contributed by atoms with van der Waals surface area (Å²) in [6.45, 7) is 0. The molecule has 4 nitrogen and oxygen atoms in total. The third-order valence-corrected chi connectivity index (χ3v) is 1.38. The van der Waals surface area contributed by atoms with Gasteiger partial charge in [-0.2, -0.15) is 0 Å². The van der Waals surface area contributed by atoms with E-state index in [1.165, 1.54) is 25.5 Å². The first-order valence-electron chi connectivity index (χ1n) is 3.40. The number of rotatable bonds is 2. The van der Waals surface area contributed by atoms with E-state index in [4.69, 9.17) is 0 Å². The molecular weight excluding hydrogens is 156 g/mol. The smallest absolute Gasteiger partial charge is 0.252 e. The molecule has 0 bridgehead atoms. The van der Waals surface area contributed by atoms with Gasteiger partial charge in [-0.25, -0.2) is 0 Å². The number of nitrogens with one attached hydrogen (secondary N) is 1. The molecule has 1 rings (SSSR count). The van der Waals surface area contributed by atoms with Gasteiger partial charge in [0.15, 0.2) is 6.29 Å². The summed E-state index contributed by atoms with van der Waals surface area (Å²) in [5.41, 5.74) is 0.790. The summed E-state index contributed by atoms with van der Waals surface area (Å²) in [5.74, 6) is -0.244. The Hall–Kier alpha value is -1.71. The molecular formula is C8H8N2O2. The molecule has 1 aromatic rings. The predicted octanol–water partition coefficient (Wildman–Crippen LogP) is 0.254. The fourth-order valence-corrected chi connectivity index (χ4v) is 0.791. The second-order valence-corrected chi connectivity index (χ2v) is 2.20. The molecule has 1 amide bonds. The Morgan fingerprint density at radius 1 is 1.58 bits per heavy atom. The van der Waals surface area contributed by atoms with Crippen molar-refractivity contribution in [1.82, 2.24) is 10.3 Å². The molecule has 0 atom stereocenters. The molecule has 62 valence electrons. The largest absolute Gasteiger partial charge is 0.355 e. The molecule has 0 aliphatic heterocycles. The van der Waals surface area contributed by atoms with Crippen LogP contribution in [0.4, 0.5) is 0 Å². The minimum atomic E-state index is -0.244. The van der Waals surface area contributed by atoms with Crippen LogP contribution in [0.1, 0.15) is 20.7 Å². The first kappa shape index (κ1) is 8.39. The highest BCUT2D eigenvalue weighted by Crippen LogP contribution is 1.99. The number of aldehydes is 1. The maximum atomic E-state index is 11.0. The number of carbonyl (C=O) groups excluding carboxylic acids is 2. The Kier molecular flexibility index (Phi) is 2.53. The number of nitrogens with zero attached hydrogens (tertiary/aromatic N) is 1.